The number of nitrogens with one attached hydrogen (secondary N) is 1. The van der Waals surface area contributed by atoms with E-state index in [1.807, 2.05) is 32.0 Å². The minimum Gasteiger partial charge on any atom is -0.476 e. The molecule has 1 amide bonds. The number of anilines is 2. The van der Waals surface area contributed by atoms with Crippen LogP contribution in [-0.2, 0) is 14.8 Å². The molecule has 1 aliphatic heterocycles. The maximum atomic E-state index is 12.7. The molecule has 0 saturated carbocycles. The van der Waals surface area contributed by atoms with Crippen LogP contribution in [0, 0.1) is 13.8 Å². The van der Waals surface area contributed by atoms with Gasteiger partial charge in [-0.1, -0.05) is 29.8 Å². The fourth-order valence-corrected chi connectivity index (χ4v) is 4.05. The molecule has 26 heavy (non-hydrogen) atoms. The Morgan fingerprint density at radius 1 is 1.23 bits per heavy atom. The Labute approximate surface area is 153 Å². The van der Waals surface area contributed by atoms with Crippen molar-refractivity contribution in [3.8, 4) is 5.75 Å². The highest BCUT2D eigenvalue weighted by Gasteiger charge is 2.36. The molecular weight excluding hydrogens is 352 g/mol. The topological polar surface area (TPSA) is 75.7 Å². The van der Waals surface area contributed by atoms with Gasteiger partial charge in [-0.25, -0.2) is 8.42 Å². The minimum atomic E-state index is -3.51. The summed E-state index contributed by atoms with van der Waals surface area (Å²) < 4.78 is 32.0. The average molecular weight is 374 g/mol. The van der Waals surface area contributed by atoms with Gasteiger partial charge >= 0.3 is 0 Å². The second-order valence-electron chi connectivity index (χ2n) is 6.31. The van der Waals surface area contributed by atoms with E-state index in [0.717, 1.165) is 11.1 Å². The molecule has 1 heterocycles. The van der Waals surface area contributed by atoms with Crippen LogP contribution in [0.2, 0.25) is 0 Å². The van der Waals surface area contributed by atoms with E-state index in [1.165, 1.54) is 4.31 Å². The van der Waals surface area contributed by atoms with Crippen LogP contribution >= 0.6 is 0 Å². The first-order valence-electron chi connectivity index (χ1n) is 8.46. The molecule has 0 saturated heterocycles. The van der Waals surface area contributed by atoms with Gasteiger partial charge in [-0.3, -0.25) is 9.10 Å². The molecule has 1 atom stereocenters. The standard InChI is InChI=1S/C19H22N2O4S/c1-4-26(23,24)21-12-18(25-17-8-6-5-7-16(17)21)19(22)20-15-10-9-13(2)11-14(15)3/h5-11,18H,4,12H2,1-3H3,(H,20,22)/t18-/m0/s1. The highest BCUT2D eigenvalue weighted by atomic mass is 32.2. The Hall–Kier alpha value is -2.54. The summed E-state index contributed by atoms with van der Waals surface area (Å²) in [6, 6.07) is 12.6. The smallest absolute Gasteiger partial charge is 0.267 e. The molecule has 7 heteroatoms. The van der Waals surface area contributed by atoms with E-state index >= 15 is 0 Å². The van der Waals surface area contributed by atoms with Gasteiger partial charge in [0.15, 0.2) is 6.10 Å². The Morgan fingerprint density at radius 2 is 1.96 bits per heavy atom. The molecule has 6 nitrogen and oxygen atoms in total. The number of fused-ring (bicyclic) bond motifs is 1. The van der Waals surface area contributed by atoms with E-state index in [4.69, 9.17) is 4.74 Å². The van der Waals surface area contributed by atoms with Crippen LogP contribution < -0.4 is 14.4 Å². The van der Waals surface area contributed by atoms with Crippen LogP contribution in [0.15, 0.2) is 42.5 Å². The number of rotatable bonds is 4. The van der Waals surface area contributed by atoms with Crippen molar-refractivity contribution in [1.82, 2.24) is 0 Å². The summed E-state index contributed by atoms with van der Waals surface area (Å²) in [7, 11) is -3.51. The van der Waals surface area contributed by atoms with Crippen molar-refractivity contribution in [3.05, 3.63) is 53.6 Å². The highest BCUT2D eigenvalue weighted by molar-refractivity contribution is 7.92. The van der Waals surface area contributed by atoms with Crippen LogP contribution in [0.25, 0.3) is 0 Å². The van der Waals surface area contributed by atoms with Crippen molar-refractivity contribution in [1.29, 1.82) is 0 Å². The minimum absolute atomic E-state index is 0.0489. The molecule has 0 aliphatic carbocycles. The van der Waals surface area contributed by atoms with Crippen LogP contribution in [-0.4, -0.2) is 32.7 Å². The van der Waals surface area contributed by atoms with Gasteiger partial charge in [0.1, 0.15) is 5.75 Å². The maximum absolute atomic E-state index is 12.7. The average Bonchev–Trinajstić information content (AvgIpc) is 2.63. The maximum Gasteiger partial charge on any atom is 0.267 e. The number of aryl methyl sites for hydroxylation is 2. The molecule has 2 aromatic rings. The zero-order chi connectivity index (χ0) is 18.9. The lowest BCUT2D eigenvalue weighted by molar-refractivity contribution is -0.122. The predicted octanol–water partition coefficient (Wildman–Crippen LogP) is 2.86. The quantitative estimate of drug-likeness (QED) is 0.893. The summed E-state index contributed by atoms with van der Waals surface area (Å²) >= 11 is 0. The molecule has 1 aliphatic rings. The molecule has 2 aromatic carbocycles. The van der Waals surface area contributed by atoms with Crippen molar-refractivity contribution in [2.45, 2.75) is 26.9 Å². The summed E-state index contributed by atoms with van der Waals surface area (Å²) in [5.74, 6) is -0.0356. The van der Waals surface area contributed by atoms with Gasteiger partial charge in [0.25, 0.3) is 5.91 Å². The first kappa shape index (κ1) is 18.3. The number of hydrogen-bond donors (Lipinski definition) is 1. The van der Waals surface area contributed by atoms with Crippen LogP contribution in [0.1, 0.15) is 18.1 Å². The zero-order valence-corrected chi connectivity index (χ0v) is 15.8. The number of sulfonamides is 1. The Bertz CT molecular complexity index is 940. The molecule has 1 N–H and O–H groups in total. The summed E-state index contributed by atoms with van der Waals surface area (Å²) in [5.41, 5.74) is 3.19. The van der Waals surface area contributed by atoms with Gasteiger partial charge < -0.3 is 10.1 Å². The second kappa shape index (κ2) is 6.99. The highest BCUT2D eigenvalue weighted by Crippen LogP contribution is 2.35. The van der Waals surface area contributed by atoms with Crippen molar-refractivity contribution in [2.75, 3.05) is 21.9 Å². The van der Waals surface area contributed by atoms with Crippen LogP contribution in [0.3, 0.4) is 0 Å². The number of ether oxygens (including phenoxy) is 1. The molecule has 3 rings (SSSR count). The number of carbonyl (C=O) groups excluding carboxylic acids is 1. The lowest BCUT2D eigenvalue weighted by Crippen LogP contribution is -2.49. The van der Waals surface area contributed by atoms with Gasteiger partial charge in [0.05, 0.1) is 18.0 Å². The molecule has 0 fully saturated rings. The lowest BCUT2D eigenvalue weighted by Gasteiger charge is -2.34. The van der Waals surface area contributed by atoms with E-state index in [9.17, 15) is 13.2 Å². The monoisotopic (exact) mass is 374 g/mol. The second-order valence-corrected chi connectivity index (χ2v) is 8.50. The van der Waals surface area contributed by atoms with Crippen molar-refractivity contribution >= 4 is 27.3 Å². The molecule has 0 unspecified atom stereocenters. The molecule has 0 aromatic heterocycles. The molecule has 0 spiro atoms. The van der Waals surface area contributed by atoms with Crippen LogP contribution in [0.5, 0.6) is 5.75 Å². The molecule has 0 bridgehead atoms. The van der Waals surface area contributed by atoms with Gasteiger partial charge in [0.2, 0.25) is 10.0 Å². The molecule has 138 valence electrons. The molecule has 0 radical (unpaired) electrons. The normalized spacial score (nSPS) is 16.6. The Balaban J connectivity index is 1.88. The third-order valence-electron chi connectivity index (χ3n) is 4.37. The number of carbonyl (C=O) groups is 1. The Morgan fingerprint density at radius 3 is 2.65 bits per heavy atom. The number of nitrogens with zero attached hydrogens (tertiary/aromatic N) is 1. The van der Waals surface area contributed by atoms with E-state index in [0.29, 0.717) is 17.1 Å². The third-order valence-corrected chi connectivity index (χ3v) is 6.11. The van der Waals surface area contributed by atoms with E-state index in [1.54, 1.807) is 31.2 Å². The van der Waals surface area contributed by atoms with Gasteiger partial charge in [-0.05, 0) is 44.5 Å². The fraction of sp³-hybridized carbons (Fsp3) is 0.316. The first-order valence-corrected chi connectivity index (χ1v) is 10.1. The van der Waals surface area contributed by atoms with Crippen molar-refractivity contribution in [2.24, 2.45) is 0 Å². The van der Waals surface area contributed by atoms with Gasteiger partial charge in [0, 0.05) is 5.69 Å². The summed E-state index contributed by atoms with van der Waals surface area (Å²) in [6.07, 6.45) is -0.924. The van der Waals surface area contributed by atoms with Crippen LogP contribution in [0.4, 0.5) is 11.4 Å². The van der Waals surface area contributed by atoms with Gasteiger partial charge in [-0.15, -0.1) is 0 Å². The largest absolute Gasteiger partial charge is 0.476 e. The lowest BCUT2D eigenvalue weighted by atomic mass is 10.1. The number of benzene rings is 2. The number of para-hydroxylation sites is 2. The number of amides is 1. The third kappa shape index (κ3) is 3.53. The molecular formula is C19H22N2O4S. The SMILES string of the molecule is CCS(=O)(=O)N1C[C@@H](C(=O)Nc2ccc(C)cc2C)Oc2ccccc21. The van der Waals surface area contributed by atoms with Crippen molar-refractivity contribution < 1.29 is 17.9 Å². The first-order chi connectivity index (χ1) is 12.3. The van der Waals surface area contributed by atoms with E-state index in [2.05, 4.69) is 5.32 Å². The fourth-order valence-electron chi connectivity index (χ4n) is 2.93. The van der Waals surface area contributed by atoms with E-state index < -0.39 is 16.1 Å². The summed E-state index contributed by atoms with van der Waals surface area (Å²) in [6.45, 7) is 5.42. The van der Waals surface area contributed by atoms with Gasteiger partial charge in [-0.2, -0.15) is 0 Å². The van der Waals surface area contributed by atoms with E-state index in [-0.39, 0.29) is 18.2 Å². The summed E-state index contributed by atoms with van der Waals surface area (Å²) in [4.78, 5) is 12.7. The van der Waals surface area contributed by atoms with Crippen molar-refractivity contribution in [3.63, 3.8) is 0 Å². The number of hydrogen-bond acceptors (Lipinski definition) is 4. The zero-order valence-electron chi connectivity index (χ0n) is 15.0. The predicted molar refractivity (Wildman–Crippen MR) is 102 cm³/mol. The summed E-state index contributed by atoms with van der Waals surface area (Å²) in [5, 5.41) is 2.84. The Kier molecular flexibility index (Phi) is 4.91.